The van der Waals surface area contributed by atoms with Crippen LogP contribution in [0.15, 0.2) is 21.9 Å². The van der Waals surface area contributed by atoms with E-state index in [1.54, 1.807) is 0 Å². The van der Waals surface area contributed by atoms with Crippen LogP contribution in [0.5, 0.6) is 0 Å². The largest absolute Gasteiger partial charge is 0.422 e. The van der Waals surface area contributed by atoms with E-state index in [9.17, 15) is 9.59 Å². The Labute approximate surface area is 117 Å². The zero-order valence-electron chi connectivity index (χ0n) is 10.2. The Balaban J connectivity index is 2.12. The Morgan fingerprint density at radius 1 is 1.26 bits per heavy atom. The van der Waals surface area contributed by atoms with Crippen molar-refractivity contribution >= 4 is 40.0 Å². The van der Waals surface area contributed by atoms with Gasteiger partial charge in [-0.15, -0.1) is 0 Å². The average molecular weight is 328 g/mol. The maximum atomic E-state index is 11.6. The molecule has 0 aromatic carbocycles. The summed E-state index contributed by atoms with van der Waals surface area (Å²) < 4.78 is 10.6. The normalized spacial score (nSPS) is 19.3. The first-order chi connectivity index (χ1) is 8.87. The number of aliphatic imine (C=N–C) groups is 1. The minimum absolute atomic E-state index is 0.133. The molecule has 1 saturated heterocycles. The summed E-state index contributed by atoms with van der Waals surface area (Å²) in [4.78, 5) is 34.9. The summed E-state index contributed by atoms with van der Waals surface area (Å²) in [6, 6.07) is 0. The van der Waals surface area contributed by atoms with Crippen molar-refractivity contribution in [3.8, 4) is 0 Å². The van der Waals surface area contributed by atoms with Crippen molar-refractivity contribution in [2.75, 3.05) is 0 Å². The zero-order valence-corrected chi connectivity index (χ0v) is 11.7. The van der Waals surface area contributed by atoms with Gasteiger partial charge < -0.3 is 9.47 Å². The highest BCUT2D eigenvalue weighted by atomic mass is 79.9. The van der Waals surface area contributed by atoms with Crippen LogP contribution >= 0.6 is 15.9 Å². The minimum Gasteiger partial charge on any atom is -0.422 e. The maximum absolute atomic E-state index is 11.6. The van der Waals surface area contributed by atoms with Gasteiger partial charge in [0.1, 0.15) is 0 Å². The van der Waals surface area contributed by atoms with E-state index in [1.807, 2.05) is 0 Å². The fraction of sp³-hybridized carbons (Fsp3) is 0.364. The van der Waals surface area contributed by atoms with E-state index in [-0.39, 0.29) is 5.95 Å². The lowest BCUT2D eigenvalue weighted by atomic mass is 10.1. The van der Waals surface area contributed by atoms with Crippen LogP contribution < -0.4 is 0 Å². The van der Waals surface area contributed by atoms with Gasteiger partial charge in [-0.05, 0) is 15.9 Å². The SMILES string of the molecule is CC1(C)OC(=O)C(/C=N/c2ncc(Br)cn2)C(=O)O1. The van der Waals surface area contributed by atoms with E-state index in [0.717, 1.165) is 6.21 Å². The summed E-state index contributed by atoms with van der Waals surface area (Å²) >= 11 is 3.18. The Morgan fingerprint density at radius 3 is 2.32 bits per heavy atom. The van der Waals surface area contributed by atoms with Gasteiger partial charge in [-0.2, -0.15) is 0 Å². The van der Waals surface area contributed by atoms with Crippen LogP contribution in [-0.4, -0.2) is 33.9 Å². The van der Waals surface area contributed by atoms with Gasteiger partial charge in [0.15, 0.2) is 5.92 Å². The summed E-state index contributed by atoms with van der Waals surface area (Å²) in [5.41, 5.74) is 0. The number of nitrogens with zero attached hydrogens (tertiary/aromatic N) is 3. The molecule has 0 spiro atoms. The molecule has 0 saturated carbocycles. The molecule has 2 heterocycles. The number of aromatic nitrogens is 2. The summed E-state index contributed by atoms with van der Waals surface area (Å²) in [7, 11) is 0. The van der Waals surface area contributed by atoms with Gasteiger partial charge in [0.25, 0.3) is 5.79 Å². The molecule has 19 heavy (non-hydrogen) atoms. The summed E-state index contributed by atoms with van der Waals surface area (Å²) in [6.07, 6.45) is 4.11. The van der Waals surface area contributed by atoms with E-state index >= 15 is 0 Å². The first-order valence-corrected chi connectivity index (χ1v) is 6.14. The topological polar surface area (TPSA) is 90.7 Å². The lowest BCUT2D eigenvalue weighted by Crippen LogP contribution is -2.46. The molecule has 8 heteroatoms. The van der Waals surface area contributed by atoms with Crippen molar-refractivity contribution in [1.82, 2.24) is 9.97 Å². The predicted octanol–water partition coefficient (Wildman–Crippen LogP) is 1.39. The van der Waals surface area contributed by atoms with Crippen molar-refractivity contribution in [2.45, 2.75) is 19.6 Å². The molecule has 0 bridgehead atoms. The minimum atomic E-state index is -1.24. The van der Waals surface area contributed by atoms with Crippen LogP contribution in [0.3, 0.4) is 0 Å². The molecule has 1 aliphatic rings. The number of hydrogen-bond donors (Lipinski definition) is 0. The lowest BCUT2D eigenvalue weighted by Gasteiger charge is -2.31. The van der Waals surface area contributed by atoms with E-state index < -0.39 is 23.6 Å². The summed E-state index contributed by atoms with van der Waals surface area (Å²) in [5.74, 6) is -3.72. The van der Waals surface area contributed by atoms with Crippen LogP contribution in [0, 0.1) is 5.92 Å². The molecule has 0 radical (unpaired) electrons. The molecule has 1 aliphatic heterocycles. The molecule has 0 atom stereocenters. The Kier molecular flexibility index (Phi) is 3.61. The van der Waals surface area contributed by atoms with Crippen molar-refractivity contribution in [2.24, 2.45) is 10.9 Å². The number of esters is 2. The molecular formula is C11H10BrN3O4. The molecule has 1 fully saturated rings. The van der Waals surface area contributed by atoms with Crippen LogP contribution in [0.4, 0.5) is 5.95 Å². The molecule has 0 N–H and O–H groups in total. The second kappa shape index (κ2) is 5.04. The molecule has 100 valence electrons. The molecule has 2 rings (SSSR count). The molecule has 1 aromatic rings. The van der Waals surface area contributed by atoms with E-state index in [0.29, 0.717) is 4.47 Å². The molecular weight excluding hydrogens is 318 g/mol. The Bertz CT molecular complexity index is 521. The fourth-order valence-corrected chi connectivity index (χ4v) is 1.57. The van der Waals surface area contributed by atoms with Crippen molar-refractivity contribution in [3.63, 3.8) is 0 Å². The molecule has 0 aliphatic carbocycles. The predicted molar refractivity (Wildman–Crippen MR) is 67.6 cm³/mol. The highest BCUT2D eigenvalue weighted by Gasteiger charge is 2.42. The van der Waals surface area contributed by atoms with Crippen molar-refractivity contribution in [1.29, 1.82) is 0 Å². The number of carbonyl (C=O) groups is 2. The second-order valence-corrected chi connectivity index (χ2v) is 5.11. The standard InChI is InChI=1S/C11H10BrN3O4/c1-11(2)18-8(16)7(9(17)19-11)5-15-10-13-3-6(12)4-14-10/h3-5,7H,1-2H3/b15-5+. The third-order valence-electron chi connectivity index (χ3n) is 2.15. The molecule has 0 amide bonds. The smallest absolute Gasteiger partial charge is 0.329 e. The van der Waals surface area contributed by atoms with Gasteiger partial charge >= 0.3 is 11.9 Å². The van der Waals surface area contributed by atoms with Gasteiger partial charge in [-0.3, -0.25) is 9.59 Å². The fourth-order valence-electron chi connectivity index (χ4n) is 1.36. The molecule has 1 aromatic heterocycles. The van der Waals surface area contributed by atoms with Gasteiger partial charge in [-0.1, -0.05) is 0 Å². The Hall–Kier alpha value is -1.83. The van der Waals surface area contributed by atoms with Crippen LogP contribution in [-0.2, 0) is 19.1 Å². The van der Waals surface area contributed by atoms with E-state index in [2.05, 4.69) is 30.9 Å². The van der Waals surface area contributed by atoms with Gasteiger partial charge in [0.2, 0.25) is 5.95 Å². The number of cyclic esters (lactones) is 2. The molecule has 0 unspecified atom stereocenters. The highest BCUT2D eigenvalue weighted by molar-refractivity contribution is 9.10. The van der Waals surface area contributed by atoms with Crippen molar-refractivity contribution < 1.29 is 19.1 Å². The average Bonchev–Trinajstić information content (AvgIpc) is 2.29. The van der Waals surface area contributed by atoms with Crippen LogP contribution in [0.1, 0.15) is 13.8 Å². The van der Waals surface area contributed by atoms with Crippen LogP contribution in [0.2, 0.25) is 0 Å². The van der Waals surface area contributed by atoms with E-state index in [4.69, 9.17) is 9.47 Å². The lowest BCUT2D eigenvalue weighted by molar-refractivity contribution is -0.235. The third-order valence-corrected chi connectivity index (χ3v) is 2.56. The number of hydrogen-bond acceptors (Lipinski definition) is 7. The second-order valence-electron chi connectivity index (χ2n) is 4.20. The maximum Gasteiger partial charge on any atom is 0.329 e. The Morgan fingerprint density at radius 2 is 1.79 bits per heavy atom. The number of rotatable bonds is 2. The van der Waals surface area contributed by atoms with Gasteiger partial charge in [-0.25, -0.2) is 15.0 Å². The first-order valence-electron chi connectivity index (χ1n) is 5.35. The summed E-state index contributed by atoms with van der Waals surface area (Å²) in [5, 5.41) is 0. The monoisotopic (exact) mass is 327 g/mol. The summed E-state index contributed by atoms with van der Waals surface area (Å²) in [6.45, 7) is 2.96. The quantitative estimate of drug-likeness (QED) is 0.463. The number of halogens is 1. The van der Waals surface area contributed by atoms with Crippen LogP contribution in [0.25, 0.3) is 0 Å². The highest BCUT2D eigenvalue weighted by Crippen LogP contribution is 2.22. The first kappa shape index (κ1) is 13.6. The third kappa shape index (κ3) is 3.34. The van der Waals surface area contributed by atoms with Gasteiger partial charge in [0.05, 0.1) is 4.47 Å². The van der Waals surface area contributed by atoms with Crippen molar-refractivity contribution in [3.05, 3.63) is 16.9 Å². The zero-order chi connectivity index (χ0) is 14.0. The molecule has 7 nitrogen and oxygen atoms in total. The van der Waals surface area contributed by atoms with Gasteiger partial charge in [0, 0.05) is 32.5 Å². The number of ether oxygens (including phenoxy) is 2. The van der Waals surface area contributed by atoms with E-state index in [1.165, 1.54) is 26.2 Å². The number of carbonyl (C=O) groups excluding carboxylic acids is 2.